The van der Waals surface area contributed by atoms with Gasteiger partial charge in [-0.2, -0.15) is 0 Å². The first-order chi connectivity index (χ1) is 32.6. The van der Waals surface area contributed by atoms with Gasteiger partial charge in [-0.15, -0.1) is 0 Å². The van der Waals surface area contributed by atoms with Crippen molar-refractivity contribution >= 4 is 11.9 Å². The van der Waals surface area contributed by atoms with E-state index >= 15 is 0 Å². The fraction of sp³-hybridized carbons (Fsp3) is 0.770. The van der Waals surface area contributed by atoms with E-state index in [1.54, 1.807) is 0 Å². The Balaban J connectivity index is 3.38. The molecular weight excluding hydrogens is 813 g/mol. The summed E-state index contributed by atoms with van der Waals surface area (Å²) in [5.74, 6) is -0.593. The quantitative estimate of drug-likeness (QED) is 0.0374. The summed E-state index contributed by atoms with van der Waals surface area (Å²) in [6, 6.07) is 0. The van der Waals surface area contributed by atoms with Gasteiger partial charge in [-0.25, -0.2) is 0 Å². The lowest BCUT2D eigenvalue weighted by molar-refractivity contribution is -0.161. The fourth-order valence-corrected chi connectivity index (χ4v) is 8.21. The first-order valence-corrected chi connectivity index (χ1v) is 28.5. The minimum Gasteiger partial charge on any atom is -0.462 e. The van der Waals surface area contributed by atoms with E-state index in [0.29, 0.717) is 12.8 Å². The van der Waals surface area contributed by atoms with Crippen LogP contribution in [0.1, 0.15) is 284 Å². The summed E-state index contributed by atoms with van der Waals surface area (Å²) in [6.45, 7) is 3.99. The van der Waals surface area contributed by atoms with Crippen LogP contribution >= 0.6 is 0 Å². The molecule has 0 fully saturated rings. The molecule has 0 rings (SSSR count). The SMILES string of the molecule is CC/C=C\C/C=C\C/C=C\C/C=C\C/C=C\CCCCCCCCCCCCCCCCCCCCCCCCCCCC(=O)OC(CO)COC(=O)CCCCCCC/C=C\CCCC. The Morgan fingerprint density at radius 3 is 1.00 bits per heavy atom. The van der Waals surface area contributed by atoms with E-state index in [0.717, 1.165) is 77.0 Å². The number of aliphatic hydroxyl groups excluding tert-OH is 1. The second kappa shape index (κ2) is 56.7. The summed E-state index contributed by atoms with van der Waals surface area (Å²) in [7, 11) is 0. The summed E-state index contributed by atoms with van der Waals surface area (Å²) < 4.78 is 10.6. The van der Waals surface area contributed by atoms with Gasteiger partial charge in [0.1, 0.15) is 6.61 Å². The molecule has 0 radical (unpaired) electrons. The van der Waals surface area contributed by atoms with E-state index in [-0.39, 0.29) is 25.2 Å². The van der Waals surface area contributed by atoms with E-state index in [1.807, 2.05) is 0 Å². The third-order valence-electron chi connectivity index (χ3n) is 12.5. The van der Waals surface area contributed by atoms with Crippen molar-refractivity contribution in [2.24, 2.45) is 0 Å². The summed E-state index contributed by atoms with van der Waals surface area (Å²) in [5, 5.41) is 9.60. The van der Waals surface area contributed by atoms with E-state index in [1.165, 1.54) is 180 Å². The van der Waals surface area contributed by atoms with Crippen molar-refractivity contribution in [2.45, 2.75) is 290 Å². The molecular formula is C61H108O5. The average Bonchev–Trinajstić information content (AvgIpc) is 3.32. The molecule has 382 valence electrons. The normalized spacial score (nSPS) is 12.7. The molecule has 1 unspecified atom stereocenters. The van der Waals surface area contributed by atoms with Gasteiger partial charge in [-0.3, -0.25) is 9.59 Å². The zero-order valence-electron chi connectivity index (χ0n) is 43.7. The predicted molar refractivity (Wildman–Crippen MR) is 288 cm³/mol. The minimum atomic E-state index is -0.773. The van der Waals surface area contributed by atoms with Crippen LogP contribution in [0.5, 0.6) is 0 Å². The molecule has 5 nitrogen and oxygen atoms in total. The summed E-state index contributed by atoms with van der Waals surface area (Å²) >= 11 is 0. The van der Waals surface area contributed by atoms with Crippen molar-refractivity contribution < 1.29 is 24.2 Å². The Bertz CT molecular complexity index is 1180. The molecule has 5 heteroatoms. The number of carbonyl (C=O) groups excluding carboxylic acids is 2. The molecule has 0 saturated heterocycles. The molecule has 1 atom stereocenters. The Morgan fingerprint density at radius 1 is 0.364 bits per heavy atom. The molecule has 0 aliphatic rings. The zero-order valence-corrected chi connectivity index (χ0v) is 43.7. The zero-order chi connectivity index (χ0) is 47.7. The number of hydrogen-bond acceptors (Lipinski definition) is 5. The van der Waals surface area contributed by atoms with Crippen LogP contribution in [0, 0.1) is 0 Å². The van der Waals surface area contributed by atoms with Crippen LogP contribution in [0.25, 0.3) is 0 Å². The van der Waals surface area contributed by atoms with Crippen LogP contribution in [-0.2, 0) is 19.1 Å². The minimum absolute atomic E-state index is 0.0678. The molecule has 0 aromatic rings. The van der Waals surface area contributed by atoms with Crippen LogP contribution in [0.4, 0.5) is 0 Å². The maximum absolute atomic E-state index is 12.3. The monoisotopic (exact) mass is 921 g/mol. The highest BCUT2D eigenvalue weighted by Crippen LogP contribution is 2.17. The first-order valence-electron chi connectivity index (χ1n) is 28.5. The first kappa shape index (κ1) is 63.3. The van der Waals surface area contributed by atoms with Crippen LogP contribution in [0.3, 0.4) is 0 Å². The average molecular weight is 922 g/mol. The molecule has 0 aromatic carbocycles. The van der Waals surface area contributed by atoms with Crippen molar-refractivity contribution in [3.05, 3.63) is 72.9 Å². The standard InChI is InChI=1S/C61H108O5/c1-3-5-7-9-11-13-15-16-17-18-19-20-21-22-23-24-25-26-27-28-29-30-31-32-33-34-35-36-37-38-39-40-41-42-43-44-46-48-50-52-54-56-61(64)66-59(57-62)58-65-60(63)55-53-51-49-47-45-14-12-10-8-6-4-2/h5,7,10-13,16-17,19-20,22-23,59,62H,3-4,6,8-9,14-15,18,21,24-58H2,1-2H3/b7-5-,12-10-,13-11-,17-16-,20-19-,23-22-. The Kier molecular flexibility index (Phi) is 54.4. The van der Waals surface area contributed by atoms with Crippen molar-refractivity contribution in [2.75, 3.05) is 13.2 Å². The van der Waals surface area contributed by atoms with Gasteiger partial charge in [-0.1, -0.05) is 267 Å². The lowest BCUT2D eigenvalue weighted by Gasteiger charge is -2.15. The molecule has 0 aliphatic heterocycles. The third-order valence-corrected chi connectivity index (χ3v) is 12.5. The number of esters is 2. The van der Waals surface area contributed by atoms with Crippen LogP contribution in [-0.4, -0.2) is 36.4 Å². The van der Waals surface area contributed by atoms with Crippen LogP contribution in [0.15, 0.2) is 72.9 Å². The highest BCUT2D eigenvalue weighted by atomic mass is 16.6. The van der Waals surface area contributed by atoms with Crippen LogP contribution in [0.2, 0.25) is 0 Å². The molecule has 1 N–H and O–H groups in total. The van der Waals surface area contributed by atoms with Gasteiger partial charge >= 0.3 is 11.9 Å². The highest BCUT2D eigenvalue weighted by molar-refractivity contribution is 5.70. The molecule has 0 amide bonds. The number of carbonyl (C=O) groups is 2. The van der Waals surface area contributed by atoms with Crippen molar-refractivity contribution in [1.29, 1.82) is 0 Å². The largest absolute Gasteiger partial charge is 0.462 e. The lowest BCUT2D eigenvalue weighted by atomic mass is 10.0. The second-order valence-electron chi connectivity index (χ2n) is 19.0. The topological polar surface area (TPSA) is 72.8 Å². The van der Waals surface area contributed by atoms with E-state index in [4.69, 9.17) is 9.47 Å². The molecule has 0 heterocycles. The van der Waals surface area contributed by atoms with Gasteiger partial charge in [0.2, 0.25) is 0 Å². The van der Waals surface area contributed by atoms with Gasteiger partial charge < -0.3 is 14.6 Å². The van der Waals surface area contributed by atoms with E-state index in [9.17, 15) is 14.7 Å². The molecule has 0 spiro atoms. The highest BCUT2D eigenvalue weighted by Gasteiger charge is 2.16. The summed E-state index contributed by atoms with van der Waals surface area (Å²) in [5.41, 5.74) is 0. The van der Waals surface area contributed by atoms with E-state index in [2.05, 4.69) is 86.8 Å². The molecule has 0 saturated carbocycles. The van der Waals surface area contributed by atoms with Crippen LogP contribution < -0.4 is 0 Å². The van der Waals surface area contributed by atoms with Gasteiger partial charge in [0.05, 0.1) is 6.61 Å². The number of unbranched alkanes of at least 4 members (excludes halogenated alkanes) is 32. The van der Waals surface area contributed by atoms with Gasteiger partial charge in [0.15, 0.2) is 6.10 Å². The molecule has 0 aromatic heterocycles. The van der Waals surface area contributed by atoms with Gasteiger partial charge in [0, 0.05) is 12.8 Å². The smallest absolute Gasteiger partial charge is 0.306 e. The summed E-state index contributed by atoms with van der Waals surface area (Å²) in [6.07, 6.45) is 77.7. The Morgan fingerprint density at radius 2 is 0.652 bits per heavy atom. The Labute approximate surface area is 410 Å². The van der Waals surface area contributed by atoms with Gasteiger partial charge in [0.25, 0.3) is 0 Å². The fourth-order valence-electron chi connectivity index (χ4n) is 8.21. The molecule has 66 heavy (non-hydrogen) atoms. The number of aliphatic hydroxyl groups is 1. The third kappa shape index (κ3) is 54.0. The summed E-state index contributed by atoms with van der Waals surface area (Å²) in [4.78, 5) is 24.4. The van der Waals surface area contributed by atoms with Crippen molar-refractivity contribution in [1.82, 2.24) is 0 Å². The number of rotatable bonds is 52. The Hall–Kier alpha value is -2.66. The maximum atomic E-state index is 12.3. The molecule has 0 aliphatic carbocycles. The predicted octanol–water partition coefficient (Wildman–Crippen LogP) is 19.2. The number of ether oxygens (including phenoxy) is 2. The van der Waals surface area contributed by atoms with Crippen molar-refractivity contribution in [3.63, 3.8) is 0 Å². The van der Waals surface area contributed by atoms with Crippen molar-refractivity contribution in [3.8, 4) is 0 Å². The second-order valence-corrected chi connectivity index (χ2v) is 19.0. The number of allylic oxidation sites excluding steroid dienone is 12. The van der Waals surface area contributed by atoms with Gasteiger partial charge in [-0.05, 0) is 77.0 Å². The number of hydrogen-bond donors (Lipinski definition) is 1. The maximum Gasteiger partial charge on any atom is 0.306 e. The molecule has 0 bridgehead atoms. The lowest BCUT2D eigenvalue weighted by Crippen LogP contribution is -2.28. The van der Waals surface area contributed by atoms with E-state index < -0.39 is 6.10 Å².